The van der Waals surface area contributed by atoms with Crippen molar-refractivity contribution >= 4 is 39.2 Å². The summed E-state index contributed by atoms with van der Waals surface area (Å²) < 4.78 is 6.05. The second kappa shape index (κ2) is 9.84. The van der Waals surface area contributed by atoms with Gasteiger partial charge in [0.25, 0.3) is 0 Å². The Morgan fingerprint density at radius 1 is 1.32 bits per heavy atom. The Labute approximate surface area is 174 Å². The van der Waals surface area contributed by atoms with Crippen LogP contribution in [0.3, 0.4) is 0 Å². The van der Waals surface area contributed by atoms with Crippen LogP contribution in [-0.4, -0.2) is 60.2 Å². The maximum atomic E-state index is 11.7. The number of esters is 1. The molecular formula is C20H26BrN5O2. The third kappa shape index (κ3) is 5.65. The van der Waals surface area contributed by atoms with Crippen molar-refractivity contribution in [1.82, 2.24) is 14.9 Å². The van der Waals surface area contributed by atoms with Crippen LogP contribution in [0.1, 0.15) is 19.8 Å². The summed E-state index contributed by atoms with van der Waals surface area (Å²) in [5.41, 5.74) is 0.967. The first-order valence-corrected chi connectivity index (χ1v) is 10.3. The van der Waals surface area contributed by atoms with Gasteiger partial charge in [-0.3, -0.25) is 9.69 Å². The zero-order valence-electron chi connectivity index (χ0n) is 16.3. The molecule has 0 atom stereocenters. The number of halogens is 1. The van der Waals surface area contributed by atoms with E-state index in [0.717, 1.165) is 47.7 Å². The third-order valence-electron chi connectivity index (χ3n) is 4.87. The molecule has 1 saturated heterocycles. The van der Waals surface area contributed by atoms with Crippen LogP contribution in [0, 0.1) is 0 Å². The molecule has 0 saturated carbocycles. The zero-order valence-corrected chi connectivity index (χ0v) is 17.9. The van der Waals surface area contributed by atoms with Crippen molar-refractivity contribution < 1.29 is 9.53 Å². The number of anilines is 3. The van der Waals surface area contributed by atoms with Crippen molar-refractivity contribution in [1.29, 1.82) is 0 Å². The lowest BCUT2D eigenvalue weighted by molar-refractivity contribution is -0.144. The molecule has 28 heavy (non-hydrogen) atoms. The highest BCUT2D eigenvalue weighted by atomic mass is 79.9. The molecule has 1 aromatic carbocycles. The van der Waals surface area contributed by atoms with E-state index in [1.165, 1.54) is 0 Å². The lowest BCUT2D eigenvalue weighted by atomic mass is 10.0. The number of benzene rings is 1. The summed E-state index contributed by atoms with van der Waals surface area (Å²) in [7, 11) is 2.07. The van der Waals surface area contributed by atoms with Gasteiger partial charge >= 0.3 is 5.97 Å². The Kier molecular flexibility index (Phi) is 7.22. The number of carbonyl (C=O) groups is 1. The molecule has 3 rings (SSSR count). The van der Waals surface area contributed by atoms with Crippen molar-refractivity contribution in [2.45, 2.75) is 25.8 Å². The molecule has 1 N–H and O–H groups in total. The molecule has 1 aliphatic heterocycles. The van der Waals surface area contributed by atoms with Crippen LogP contribution < -0.4 is 10.2 Å². The molecule has 2 heterocycles. The Hall–Kier alpha value is -2.19. The SMILES string of the molecule is CCOC(=O)CN1CCC(N(C)c2cc(Nc3cccc(Br)c3)ncn2)CC1. The topological polar surface area (TPSA) is 70.6 Å². The van der Waals surface area contributed by atoms with Gasteiger partial charge in [0, 0.05) is 42.4 Å². The number of aromatic nitrogens is 2. The van der Waals surface area contributed by atoms with Gasteiger partial charge in [-0.25, -0.2) is 9.97 Å². The second-order valence-corrected chi connectivity index (χ2v) is 7.74. The van der Waals surface area contributed by atoms with Gasteiger partial charge in [0.15, 0.2) is 0 Å². The van der Waals surface area contributed by atoms with Crippen LogP contribution in [0.15, 0.2) is 41.1 Å². The summed E-state index contributed by atoms with van der Waals surface area (Å²) in [6.45, 7) is 4.39. The lowest BCUT2D eigenvalue weighted by Gasteiger charge is -2.36. The summed E-state index contributed by atoms with van der Waals surface area (Å²) >= 11 is 3.48. The molecule has 1 aliphatic rings. The van der Waals surface area contributed by atoms with Gasteiger partial charge in [0.05, 0.1) is 13.2 Å². The number of nitrogens with one attached hydrogen (secondary N) is 1. The van der Waals surface area contributed by atoms with E-state index in [0.29, 0.717) is 19.2 Å². The standard InChI is InChI=1S/C20H26BrN5O2/c1-3-28-20(27)13-26-9-7-17(8-10-26)25(2)19-12-18(22-14-23-19)24-16-6-4-5-15(21)11-16/h4-6,11-12,14,17H,3,7-10,13H2,1-2H3,(H,22,23,24). The van der Waals surface area contributed by atoms with Crippen molar-refractivity contribution in [3.8, 4) is 0 Å². The Morgan fingerprint density at radius 3 is 2.82 bits per heavy atom. The summed E-state index contributed by atoms with van der Waals surface area (Å²) in [6, 6.07) is 10.3. The maximum absolute atomic E-state index is 11.7. The van der Waals surface area contributed by atoms with Crippen LogP contribution in [0.25, 0.3) is 0 Å². The molecule has 1 fully saturated rings. The predicted octanol–water partition coefficient (Wildman–Crippen LogP) is 3.45. The fourth-order valence-electron chi connectivity index (χ4n) is 3.36. The fourth-order valence-corrected chi connectivity index (χ4v) is 3.76. The third-order valence-corrected chi connectivity index (χ3v) is 5.37. The van der Waals surface area contributed by atoms with Gasteiger partial charge < -0.3 is 15.0 Å². The number of ether oxygens (including phenoxy) is 1. The lowest BCUT2D eigenvalue weighted by Crippen LogP contribution is -2.45. The van der Waals surface area contributed by atoms with E-state index in [2.05, 4.69) is 48.1 Å². The first-order chi connectivity index (χ1) is 13.5. The number of piperidine rings is 1. The average molecular weight is 448 g/mol. The molecule has 0 radical (unpaired) electrons. The van der Waals surface area contributed by atoms with Crippen molar-refractivity contribution in [3.63, 3.8) is 0 Å². The van der Waals surface area contributed by atoms with Gasteiger partial charge in [-0.05, 0) is 38.0 Å². The van der Waals surface area contributed by atoms with E-state index >= 15 is 0 Å². The maximum Gasteiger partial charge on any atom is 0.320 e. The van der Waals surface area contributed by atoms with Gasteiger partial charge in [0.1, 0.15) is 18.0 Å². The largest absolute Gasteiger partial charge is 0.465 e. The molecule has 7 nitrogen and oxygen atoms in total. The molecule has 8 heteroatoms. The Bertz CT molecular complexity index is 796. The number of carbonyl (C=O) groups excluding carboxylic acids is 1. The first kappa shape index (κ1) is 20.5. The monoisotopic (exact) mass is 447 g/mol. The van der Waals surface area contributed by atoms with Crippen LogP contribution in [0.4, 0.5) is 17.3 Å². The summed E-state index contributed by atoms with van der Waals surface area (Å²) in [5, 5.41) is 3.32. The predicted molar refractivity (Wildman–Crippen MR) is 114 cm³/mol. The van der Waals surface area contributed by atoms with Crippen LogP contribution in [-0.2, 0) is 9.53 Å². The van der Waals surface area contributed by atoms with Crippen LogP contribution in [0.5, 0.6) is 0 Å². The van der Waals surface area contributed by atoms with E-state index in [1.807, 2.05) is 37.3 Å². The molecular weight excluding hydrogens is 422 g/mol. The molecule has 150 valence electrons. The first-order valence-electron chi connectivity index (χ1n) is 9.50. The van der Waals surface area contributed by atoms with Gasteiger partial charge in [-0.2, -0.15) is 0 Å². The van der Waals surface area contributed by atoms with Crippen molar-refractivity contribution in [2.24, 2.45) is 0 Å². The van der Waals surface area contributed by atoms with E-state index in [1.54, 1.807) is 6.33 Å². The molecule has 0 amide bonds. The number of hydrogen-bond donors (Lipinski definition) is 1. The minimum atomic E-state index is -0.145. The van der Waals surface area contributed by atoms with E-state index in [9.17, 15) is 4.79 Å². The summed E-state index contributed by atoms with van der Waals surface area (Å²) in [5.74, 6) is 1.50. The fraction of sp³-hybridized carbons (Fsp3) is 0.450. The normalized spacial score (nSPS) is 15.2. The highest BCUT2D eigenvalue weighted by molar-refractivity contribution is 9.10. The highest BCUT2D eigenvalue weighted by Crippen LogP contribution is 2.24. The van der Waals surface area contributed by atoms with E-state index in [-0.39, 0.29) is 5.97 Å². The molecule has 0 bridgehead atoms. The van der Waals surface area contributed by atoms with Crippen LogP contribution in [0.2, 0.25) is 0 Å². The number of hydrogen-bond acceptors (Lipinski definition) is 7. The molecule has 0 unspecified atom stereocenters. The number of likely N-dealkylation sites (tertiary alicyclic amines) is 1. The number of nitrogens with zero attached hydrogens (tertiary/aromatic N) is 4. The molecule has 2 aromatic rings. The summed E-state index contributed by atoms with van der Waals surface area (Å²) in [6.07, 6.45) is 3.55. The van der Waals surface area contributed by atoms with Crippen molar-refractivity contribution in [2.75, 3.05) is 43.5 Å². The molecule has 1 aromatic heterocycles. The van der Waals surface area contributed by atoms with E-state index in [4.69, 9.17) is 4.74 Å². The minimum Gasteiger partial charge on any atom is -0.465 e. The molecule has 0 aliphatic carbocycles. The highest BCUT2D eigenvalue weighted by Gasteiger charge is 2.24. The van der Waals surface area contributed by atoms with Gasteiger partial charge in [0.2, 0.25) is 0 Å². The van der Waals surface area contributed by atoms with Crippen molar-refractivity contribution in [3.05, 3.63) is 41.1 Å². The second-order valence-electron chi connectivity index (χ2n) is 6.82. The van der Waals surface area contributed by atoms with Gasteiger partial charge in [-0.15, -0.1) is 0 Å². The summed E-state index contributed by atoms with van der Waals surface area (Å²) in [4.78, 5) is 24.8. The number of rotatable bonds is 7. The van der Waals surface area contributed by atoms with E-state index < -0.39 is 0 Å². The average Bonchev–Trinajstić information content (AvgIpc) is 2.68. The Morgan fingerprint density at radius 2 is 2.11 bits per heavy atom. The quantitative estimate of drug-likeness (QED) is 0.651. The smallest absolute Gasteiger partial charge is 0.320 e. The zero-order chi connectivity index (χ0) is 19.9. The molecule has 0 spiro atoms. The minimum absolute atomic E-state index is 0.145. The van der Waals surface area contributed by atoms with Crippen LogP contribution >= 0.6 is 15.9 Å². The van der Waals surface area contributed by atoms with Gasteiger partial charge in [-0.1, -0.05) is 22.0 Å². The Balaban J connectivity index is 1.57.